The fraction of sp³-hybridized carbons (Fsp3) is 1.00. The fourth-order valence-corrected chi connectivity index (χ4v) is 1.87. The molecule has 1 N–H and O–H groups in total. The topological polar surface area (TPSA) is 23.5 Å². The first-order valence-electron chi connectivity index (χ1n) is 5.70. The second kappa shape index (κ2) is 6.39. The second-order valence-corrected chi connectivity index (χ2v) is 4.12. The van der Waals surface area contributed by atoms with Crippen LogP contribution in [0.2, 0.25) is 0 Å². The highest BCUT2D eigenvalue weighted by Gasteiger charge is 2.19. The van der Waals surface area contributed by atoms with E-state index >= 15 is 0 Å². The SMILES string of the molecule is CCN(CCCCO)CC1CCC1. The lowest BCUT2D eigenvalue weighted by molar-refractivity contribution is 0.177. The number of unbranched alkanes of at least 4 members (excludes halogenated alkanes) is 1. The molecule has 2 nitrogen and oxygen atoms in total. The maximum Gasteiger partial charge on any atom is 0.0431 e. The van der Waals surface area contributed by atoms with Crippen LogP contribution in [-0.4, -0.2) is 36.2 Å². The van der Waals surface area contributed by atoms with Gasteiger partial charge in [0.05, 0.1) is 0 Å². The van der Waals surface area contributed by atoms with Crippen LogP contribution in [0.4, 0.5) is 0 Å². The molecule has 0 unspecified atom stereocenters. The maximum absolute atomic E-state index is 8.67. The predicted molar refractivity (Wildman–Crippen MR) is 55.8 cm³/mol. The summed E-state index contributed by atoms with van der Waals surface area (Å²) in [4.78, 5) is 2.53. The summed E-state index contributed by atoms with van der Waals surface area (Å²) in [6, 6.07) is 0. The van der Waals surface area contributed by atoms with Crippen molar-refractivity contribution in [1.29, 1.82) is 0 Å². The van der Waals surface area contributed by atoms with Crippen LogP contribution in [0, 0.1) is 5.92 Å². The summed E-state index contributed by atoms with van der Waals surface area (Å²) in [6.07, 6.45) is 6.43. The molecule has 0 amide bonds. The van der Waals surface area contributed by atoms with Crippen LogP contribution in [0.25, 0.3) is 0 Å². The zero-order chi connectivity index (χ0) is 9.52. The highest BCUT2D eigenvalue weighted by Crippen LogP contribution is 2.26. The molecule has 2 heteroatoms. The third-order valence-electron chi connectivity index (χ3n) is 3.07. The number of hydrogen-bond acceptors (Lipinski definition) is 2. The van der Waals surface area contributed by atoms with Crippen molar-refractivity contribution >= 4 is 0 Å². The van der Waals surface area contributed by atoms with E-state index in [4.69, 9.17) is 5.11 Å². The lowest BCUT2D eigenvalue weighted by atomic mass is 9.85. The van der Waals surface area contributed by atoms with Crippen LogP contribution in [0.15, 0.2) is 0 Å². The van der Waals surface area contributed by atoms with Gasteiger partial charge < -0.3 is 10.0 Å². The second-order valence-electron chi connectivity index (χ2n) is 4.12. The Morgan fingerprint density at radius 2 is 2.08 bits per heavy atom. The number of hydrogen-bond donors (Lipinski definition) is 1. The molecule has 13 heavy (non-hydrogen) atoms. The molecule has 0 spiro atoms. The Balaban J connectivity index is 2.03. The molecule has 78 valence electrons. The van der Waals surface area contributed by atoms with E-state index < -0.39 is 0 Å². The standard InChI is InChI=1S/C11H23NO/c1-2-12(8-3-4-9-13)10-11-6-5-7-11/h11,13H,2-10H2,1H3. The van der Waals surface area contributed by atoms with Crippen LogP contribution in [0.5, 0.6) is 0 Å². The normalized spacial score (nSPS) is 17.8. The highest BCUT2D eigenvalue weighted by molar-refractivity contribution is 4.73. The molecular formula is C11H23NO. The summed E-state index contributed by atoms with van der Waals surface area (Å²) >= 11 is 0. The van der Waals surface area contributed by atoms with Crippen molar-refractivity contribution in [3.63, 3.8) is 0 Å². The molecule has 0 heterocycles. The Morgan fingerprint density at radius 1 is 1.31 bits per heavy atom. The molecule has 1 saturated carbocycles. The first kappa shape index (κ1) is 11.0. The van der Waals surface area contributed by atoms with Gasteiger partial charge in [-0.3, -0.25) is 0 Å². The zero-order valence-electron chi connectivity index (χ0n) is 8.84. The first-order chi connectivity index (χ1) is 6.36. The van der Waals surface area contributed by atoms with Gasteiger partial charge in [-0.15, -0.1) is 0 Å². The van der Waals surface area contributed by atoms with E-state index in [1.165, 1.54) is 38.9 Å². The zero-order valence-corrected chi connectivity index (χ0v) is 8.84. The van der Waals surface area contributed by atoms with Crippen molar-refractivity contribution in [2.24, 2.45) is 5.92 Å². The fourth-order valence-electron chi connectivity index (χ4n) is 1.87. The highest BCUT2D eigenvalue weighted by atomic mass is 16.2. The van der Waals surface area contributed by atoms with Gasteiger partial charge >= 0.3 is 0 Å². The van der Waals surface area contributed by atoms with Crippen molar-refractivity contribution in [2.45, 2.75) is 39.0 Å². The average Bonchev–Trinajstić information content (AvgIpc) is 2.08. The Bertz CT molecular complexity index is 123. The van der Waals surface area contributed by atoms with E-state index in [9.17, 15) is 0 Å². The van der Waals surface area contributed by atoms with E-state index in [0.717, 1.165) is 18.8 Å². The van der Waals surface area contributed by atoms with Gasteiger partial charge in [0.1, 0.15) is 0 Å². The Morgan fingerprint density at radius 3 is 2.54 bits per heavy atom. The molecule has 1 rings (SSSR count). The number of aliphatic hydroxyl groups is 1. The smallest absolute Gasteiger partial charge is 0.0431 e. The van der Waals surface area contributed by atoms with Crippen LogP contribution in [0.3, 0.4) is 0 Å². The van der Waals surface area contributed by atoms with Crippen molar-refractivity contribution < 1.29 is 5.11 Å². The first-order valence-corrected chi connectivity index (χ1v) is 5.70. The monoisotopic (exact) mass is 185 g/mol. The van der Waals surface area contributed by atoms with Gasteiger partial charge in [-0.2, -0.15) is 0 Å². The van der Waals surface area contributed by atoms with Gasteiger partial charge in [-0.05, 0) is 44.7 Å². The molecule has 0 radical (unpaired) electrons. The van der Waals surface area contributed by atoms with Crippen LogP contribution in [-0.2, 0) is 0 Å². The molecule has 0 aliphatic heterocycles. The average molecular weight is 185 g/mol. The van der Waals surface area contributed by atoms with Crippen molar-refractivity contribution in [3.8, 4) is 0 Å². The molecular weight excluding hydrogens is 162 g/mol. The number of aliphatic hydroxyl groups excluding tert-OH is 1. The van der Waals surface area contributed by atoms with E-state index in [2.05, 4.69) is 11.8 Å². The lowest BCUT2D eigenvalue weighted by Gasteiger charge is -2.31. The van der Waals surface area contributed by atoms with E-state index in [1.54, 1.807) is 0 Å². The van der Waals surface area contributed by atoms with E-state index in [1.807, 2.05) is 0 Å². The molecule has 0 bridgehead atoms. The van der Waals surface area contributed by atoms with Crippen molar-refractivity contribution in [1.82, 2.24) is 4.90 Å². The minimum absolute atomic E-state index is 0.348. The van der Waals surface area contributed by atoms with Crippen LogP contribution in [0.1, 0.15) is 39.0 Å². The number of rotatable bonds is 7. The summed E-state index contributed by atoms with van der Waals surface area (Å²) in [5, 5.41) is 8.67. The minimum atomic E-state index is 0.348. The maximum atomic E-state index is 8.67. The third kappa shape index (κ3) is 4.10. The van der Waals surface area contributed by atoms with Gasteiger partial charge in [0.2, 0.25) is 0 Å². The van der Waals surface area contributed by atoms with Gasteiger partial charge in [0.15, 0.2) is 0 Å². The summed E-state index contributed by atoms with van der Waals surface area (Å²) in [7, 11) is 0. The summed E-state index contributed by atoms with van der Waals surface area (Å²) < 4.78 is 0. The Labute approximate surface area is 81.9 Å². The molecule has 0 saturated heterocycles. The number of nitrogens with zero attached hydrogens (tertiary/aromatic N) is 1. The lowest BCUT2D eigenvalue weighted by Crippen LogP contribution is -2.33. The quantitative estimate of drug-likeness (QED) is 0.612. The summed E-state index contributed by atoms with van der Waals surface area (Å²) in [5.74, 6) is 0.981. The molecule has 0 aromatic heterocycles. The predicted octanol–water partition coefficient (Wildman–Crippen LogP) is 1.88. The molecule has 1 aliphatic rings. The Kier molecular flexibility index (Phi) is 5.40. The van der Waals surface area contributed by atoms with Gasteiger partial charge in [0, 0.05) is 13.2 Å². The third-order valence-corrected chi connectivity index (χ3v) is 3.07. The van der Waals surface area contributed by atoms with E-state index in [0.29, 0.717) is 6.61 Å². The molecule has 0 atom stereocenters. The Hall–Kier alpha value is -0.0800. The van der Waals surface area contributed by atoms with Gasteiger partial charge in [0.25, 0.3) is 0 Å². The van der Waals surface area contributed by atoms with Gasteiger partial charge in [-0.1, -0.05) is 13.3 Å². The van der Waals surface area contributed by atoms with Gasteiger partial charge in [-0.25, -0.2) is 0 Å². The summed E-state index contributed by atoms with van der Waals surface area (Å²) in [5.41, 5.74) is 0. The summed E-state index contributed by atoms with van der Waals surface area (Å²) in [6.45, 7) is 6.22. The molecule has 0 aromatic carbocycles. The largest absolute Gasteiger partial charge is 0.396 e. The van der Waals surface area contributed by atoms with Crippen molar-refractivity contribution in [3.05, 3.63) is 0 Å². The van der Waals surface area contributed by atoms with Crippen LogP contribution < -0.4 is 0 Å². The molecule has 1 aliphatic carbocycles. The van der Waals surface area contributed by atoms with Crippen molar-refractivity contribution in [2.75, 3.05) is 26.2 Å². The van der Waals surface area contributed by atoms with E-state index in [-0.39, 0.29) is 0 Å². The molecule has 1 fully saturated rings. The minimum Gasteiger partial charge on any atom is -0.396 e. The van der Waals surface area contributed by atoms with Crippen LogP contribution >= 0.6 is 0 Å². The molecule has 0 aromatic rings.